The van der Waals surface area contributed by atoms with Crippen LogP contribution in [0.2, 0.25) is 0 Å². The maximum atomic E-state index is 13.2. The fourth-order valence-electron chi connectivity index (χ4n) is 4.44. The summed E-state index contributed by atoms with van der Waals surface area (Å²) in [5, 5.41) is 23.0. The van der Waals surface area contributed by atoms with Gasteiger partial charge in [-0.25, -0.2) is 8.42 Å². The van der Waals surface area contributed by atoms with Gasteiger partial charge in [0.15, 0.2) is 11.0 Å². The first-order chi connectivity index (χ1) is 19.2. The molecule has 1 aromatic heterocycles. The van der Waals surface area contributed by atoms with Gasteiger partial charge in [0.05, 0.1) is 15.6 Å². The fourth-order valence-corrected chi connectivity index (χ4v) is 6.76. The maximum absolute atomic E-state index is 13.2. The predicted octanol–water partition coefficient (Wildman–Crippen LogP) is 4.67. The van der Waals surface area contributed by atoms with E-state index in [1.807, 2.05) is 30.3 Å². The molecule has 1 N–H and O–H groups in total. The van der Waals surface area contributed by atoms with Gasteiger partial charge in [-0.1, -0.05) is 48.2 Å². The van der Waals surface area contributed by atoms with E-state index in [0.717, 1.165) is 30.3 Å². The van der Waals surface area contributed by atoms with Crippen LogP contribution in [0, 0.1) is 17.0 Å². The predicted molar refractivity (Wildman–Crippen MR) is 152 cm³/mol. The van der Waals surface area contributed by atoms with Gasteiger partial charge in [-0.3, -0.25) is 19.5 Å². The Labute approximate surface area is 235 Å². The molecule has 13 heteroatoms. The summed E-state index contributed by atoms with van der Waals surface area (Å²) >= 11 is 1.15. The number of nitrogens with zero attached hydrogens (tertiary/aromatic N) is 5. The molecule has 11 nitrogen and oxygen atoms in total. The lowest BCUT2D eigenvalue weighted by Crippen LogP contribution is -2.27. The lowest BCUT2D eigenvalue weighted by Gasteiger charge is -2.16. The van der Waals surface area contributed by atoms with Crippen molar-refractivity contribution in [2.75, 3.05) is 24.2 Å². The molecule has 1 fully saturated rings. The van der Waals surface area contributed by atoms with Crippen molar-refractivity contribution in [2.24, 2.45) is 0 Å². The highest BCUT2D eigenvalue weighted by Crippen LogP contribution is 2.31. The van der Waals surface area contributed by atoms with Gasteiger partial charge < -0.3 is 5.32 Å². The molecule has 2 heterocycles. The van der Waals surface area contributed by atoms with Crippen molar-refractivity contribution in [2.45, 2.75) is 29.8 Å². The van der Waals surface area contributed by atoms with Crippen LogP contribution in [0.5, 0.6) is 0 Å². The van der Waals surface area contributed by atoms with Crippen LogP contribution in [0.25, 0.3) is 17.1 Å². The van der Waals surface area contributed by atoms with Gasteiger partial charge in [0.25, 0.3) is 5.69 Å². The summed E-state index contributed by atoms with van der Waals surface area (Å²) in [7, 11) is -3.63. The van der Waals surface area contributed by atoms with Gasteiger partial charge in [-0.05, 0) is 50.1 Å². The Hall–Kier alpha value is -4.07. The second-order valence-electron chi connectivity index (χ2n) is 9.21. The van der Waals surface area contributed by atoms with Crippen LogP contribution in [0.15, 0.2) is 82.8 Å². The van der Waals surface area contributed by atoms with E-state index in [0.29, 0.717) is 40.9 Å². The Morgan fingerprint density at radius 3 is 2.50 bits per heavy atom. The largest absolute Gasteiger partial charge is 0.325 e. The van der Waals surface area contributed by atoms with E-state index in [9.17, 15) is 23.3 Å². The van der Waals surface area contributed by atoms with Crippen molar-refractivity contribution in [3.63, 3.8) is 0 Å². The molecule has 1 saturated heterocycles. The summed E-state index contributed by atoms with van der Waals surface area (Å²) in [4.78, 5) is 23.7. The lowest BCUT2D eigenvalue weighted by atomic mass is 10.2. The number of thioether (sulfide) groups is 1. The number of nitro benzene ring substituents is 1. The van der Waals surface area contributed by atoms with E-state index < -0.39 is 14.9 Å². The van der Waals surface area contributed by atoms with E-state index >= 15 is 0 Å². The first-order valence-corrected chi connectivity index (χ1v) is 15.0. The number of nitro groups is 1. The van der Waals surface area contributed by atoms with Gasteiger partial charge in [0, 0.05) is 41.7 Å². The first-order valence-electron chi connectivity index (χ1n) is 12.5. The molecular formula is C27H26N6O5S2. The van der Waals surface area contributed by atoms with Crippen molar-refractivity contribution in [1.29, 1.82) is 0 Å². The molecule has 0 unspecified atom stereocenters. The number of sulfonamides is 1. The Balaban J connectivity index is 1.42. The summed E-state index contributed by atoms with van der Waals surface area (Å²) in [6, 6.07) is 20.5. The zero-order valence-electron chi connectivity index (χ0n) is 21.6. The number of amides is 1. The second-order valence-corrected chi connectivity index (χ2v) is 12.1. The highest BCUT2D eigenvalue weighted by molar-refractivity contribution is 7.99. The Bertz CT molecular complexity index is 1670. The molecule has 0 radical (unpaired) electrons. The van der Waals surface area contributed by atoms with Crippen LogP contribution >= 0.6 is 11.8 Å². The number of rotatable bonds is 9. The smallest absolute Gasteiger partial charge is 0.274 e. The minimum atomic E-state index is -3.63. The summed E-state index contributed by atoms with van der Waals surface area (Å²) < 4.78 is 29.6. The van der Waals surface area contributed by atoms with Crippen molar-refractivity contribution >= 4 is 39.1 Å². The number of carbonyl (C=O) groups is 1. The van der Waals surface area contributed by atoms with E-state index in [1.165, 1.54) is 10.4 Å². The first kappa shape index (κ1) is 27.5. The van der Waals surface area contributed by atoms with Crippen LogP contribution in [0.3, 0.4) is 0 Å². The highest BCUT2D eigenvalue weighted by Gasteiger charge is 2.28. The molecule has 1 amide bonds. The molecule has 1 aliphatic heterocycles. The van der Waals surface area contributed by atoms with Crippen molar-refractivity contribution in [1.82, 2.24) is 19.1 Å². The number of carbonyl (C=O) groups excluding carboxylic acids is 1. The minimum absolute atomic E-state index is 0.0317. The third kappa shape index (κ3) is 5.76. The van der Waals surface area contributed by atoms with Gasteiger partial charge in [-0.15, -0.1) is 10.2 Å². The van der Waals surface area contributed by atoms with Crippen LogP contribution < -0.4 is 5.32 Å². The average molecular weight is 579 g/mol. The number of aryl methyl sites for hydroxylation is 1. The van der Waals surface area contributed by atoms with Crippen molar-refractivity contribution in [3.8, 4) is 17.1 Å². The van der Waals surface area contributed by atoms with Gasteiger partial charge in [-0.2, -0.15) is 4.31 Å². The average Bonchev–Trinajstić information content (AvgIpc) is 3.65. The maximum Gasteiger partial charge on any atom is 0.274 e. The lowest BCUT2D eigenvalue weighted by molar-refractivity contribution is -0.385. The van der Waals surface area contributed by atoms with Crippen molar-refractivity contribution < 1.29 is 18.1 Å². The summed E-state index contributed by atoms with van der Waals surface area (Å²) in [6.45, 7) is 2.64. The molecule has 1 aliphatic rings. The monoisotopic (exact) mass is 578 g/mol. The third-order valence-electron chi connectivity index (χ3n) is 6.46. The SMILES string of the molecule is Cc1ccc(NC(=O)CSc2nnc(-c3cccc(S(=O)(=O)N4CCCC4)c3)n2-c2ccccc2)cc1[N+](=O)[O-]. The molecule has 40 heavy (non-hydrogen) atoms. The molecule has 0 atom stereocenters. The molecular weight excluding hydrogens is 552 g/mol. The van der Waals surface area contributed by atoms with Crippen LogP contribution in [0.4, 0.5) is 11.4 Å². The van der Waals surface area contributed by atoms with Crippen molar-refractivity contribution in [3.05, 3.63) is 88.5 Å². The van der Waals surface area contributed by atoms with E-state index in [4.69, 9.17) is 0 Å². The summed E-state index contributed by atoms with van der Waals surface area (Å²) in [5.74, 6) is 0.0310. The number of para-hydroxylation sites is 1. The molecule has 0 saturated carbocycles. The molecule has 0 aliphatic carbocycles. The number of aromatic nitrogens is 3. The zero-order valence-corrected chi connectivity index (χ0v) is 23.2. The quantitative estimate of drug-likeness (QED) is 0.172. The van der Waals surface area contributed by atoms with Crippen LogP contribution in [-0.4, -0.2) is 57.2 Å². The third-order valence-corrected chi connectivity index (χ3v) is 9.29. The minimum Gasteiger partial charge on any atom is -0.325 e. The Morgan fingerprint density at radius 2 is 1.77 bits per heavy atom. The Kier molecular flexibility index (Phi) is 7.96. The molecule has 0 spiro atoms. The topological polar surface area (TPSA) is 140 Å². The van der Waals surface area contributed by atoms with Crippen LogP contribution in [-0.2, 0) is 14.8 Å². The summed E-state index contributed by atoms with van der Waals surface area (Å²) in [6.07, 6.45) is 1.69. The molecule has 0 bridgehead atoms. The van der Waals surface area contributed by atoms with Gasteiger partial charge in [0.2, 0.25) is 15.9 Å². The van der Waals surface area contributed by atoms with E-state index in [2.05, 4.69) is 15.5 Å². The summed E-state index contributed by atoms with van der Waals surface area (Å²) in [5.41, 5.74) is 2.06. The standard InChI is InChI=1S/C27H26N6O5S2/c1-19-12-13-21(17-24(19)33(35)36)28-25(34)18-39-27-30-29-26(32(27)22-9-3-2-4-10-22)20-8-7-11-23(16-20)40(37,38)31-14-5-6-15-31/h2-4,7-13,16-17H,5-6,14-15,18H2,1H3,(H,28,34). The molecule has 4 aromatic rings. The number of hydrogen-bond acceptors (Lipinski definition) is 8. The number of nitrogens with one attached hydrogen (secondary N) is 1. The molecule has 5 rings (SSSR count). The number of benzene rings is 3. The molecule has 3 aromatic carbocycles. The van der Waals surface area contributed by atoms with E-state index in [1.54, 1.807) is 47.9 Å². The second kappa shape index (κ2) is 11.6. The molecule has 206 valence electrons. The fraction of sp³-hybridized carbons (Fsp3) is 0.222. The zero-order chi connectivity index (χ0) is 28.3. The highest BCUT2D eigenvalue weighted by atomic mass is 32.2. The van der Waals surface area contributed by atoms with E-state index in [-0.39, 0.29) is 22.2 Å². The van der Waals surface area contributed by atoms with Gasteiger partial charge >= 0.3 is 0 Å². The Morgan fingerprint density at radius 1 is 1.02 bits per heavy atom. The van der Waals surface area contributed by atoms with Gasteiger partial charge in [0.1, 0.15) is 0 Å². The number of hydrogen-bond donors (Lipinski definition) is 1. The van der Waals surface area contributed by atoms with Crippen LogP contribution in [0.1, 0.15) is 18.4 Å². The number of anilines is 1. The normalized spacial score (nSPS) is 13.8.